The summed E-state index contributed by atoms with van der Waals surface area (Å²) in [4.78, 5) is 4.17. The molecular formula is C5H7NS4. The van der Waals surface area contributed by atoms with E-state index in [1.165, 1.54) is 0 Å². The highest BCUT2D eigenvalue weighted by atomic mass is 32.2. The van der Waals surface area contributed by atoms with E-state index in [-0.39, 0.29) is 0 Å². The molecule has 0 amide bonds. The van der Waals surface area contributed by atoms with Crippen LogP contribution in [-0.4, -0.2) is 10.7 Å². The molecule has 1 nitrogen and oxygen atoms in total. The van der Waals surface area contributed by atoms with Gasteiger partial charge in [-0.25, -0.2) is 4.98 Å². The number of rotatable bonds is 2. The molecule has 1 aromatic heterocycles. The standard InChI is InChI=1S/C5H7NS4/c1-2-9-5-6-3(7)4(8)10-5/h7-8H,2H2,1H3. The zero-order chi connectivity index (χ0) is 7.56. The van der Waals surface area contributed by atoms with Crippen molar-refractivity contribution in [3.8, 4) is 0 Å². The number of thiazole rings is 1. The van der Waals surface area contributed by atoms with Crippen LogP contribution < -0.4 is 0 Å². The van der Waals surface area contributed by atoms with Crippen molar-refractivity contribution >= 4 is 48.4 Å². The normalized spacial score (nSPS) is 10.3. The molecule has 0 saturated heterocycles. The average Bonchev–Trinajstić information content (AvgIpc) is 2.14. The van der Waals surface area contributed by atoms with Crippen LogP contribution in [0.3, 0.4) is 0 Å². The van der Waals surface area contributed by atoms with Crippen LogP contribution in [0.4, 0.5) is 0 Å². The lowest BCUT2D eigenvalue weighted by Gasteiger charge is -1.85. The summed E-state index contributed by atoms with van der Waals surface area (Å²) in [6.45, 7) is 2.10. The fraction of sp³-hybridized carbons (Fsp3) is 0.400. The van der Waals surface area contributed by atoms with E-state index >= 15 is 0 Å². The van der Waals surface area contributed by atoms with E-state index in [1.54, 1.807) is 23.1 Å². The minimum atomic E-state index is 0.740. The van der Waals surface area contributed by atoms with Crippen molar-refractivity contribution in [1.82, 2.24) is 4.98 Å². The van der Waals surface area contributed by atoms with Crippen LogP contribution in [0.1, 0.15) is 6.92 Å². The van der Waals surface area contributed by atoms with Crippen LogP contribution in [0.5, 0.6) is 0 Å². The van der Waals surface area contributed by atoms with E-state index in [4.69, 9.17) is 0 Å². The van der Waals surface area contributed by atoms with Crippen molar-refractivity contribution in [2.75, 3.05) is 5.75 Å². The predicted molar refractivity (Wildman–Crippen MR) is 53.0 cm³/mol. The van der Waals surface area contributed by atoms with Crippen LogP contribution in [0.2, 0.25) is 0 Å². The summed E-state index contributed by atoms with van der Waals surface area (Å²) in [6.07, 6.45) is 0. The van der Waals surface area contributed by atoms with Crippen LogP contribution in [0.15, 0.2) is 13.6 Å². The smallest absolute Gasteiger partial charge is 0.152 e. The van der Waals surface area contributed by atoms with E-state index in [9.17, 15) is 0 Å². The van der Waals surface area contributed by atoms with Crippen LogP contribution in [0.25, 0.3) is 0 Å². The Morgan fingerprint density at radius 1 is 1.60 bits per heavy atom. The first-order valence-electron chi connectivity index (χ1n) is 2.75. The van der Waals surface area contributed by atoms with E-state index < -0.39 is 0 Å². The largest absolute Gasteiger partial charge is 0.222 e. The number of hydrogen-bond acceptors (Lipinski definition) is 5. The highest BCUT2D eigenvalue weighted by Gasteiger charge is 2.03. The maximum atomic E-state index is 4.18. The summed E-state index contributed by atoms with van der Waals surface area (Å²) >= 11 is 11.6. The molecule has 0 fully saturated rings. The molecule has 0 aliphatic carbocycles. The molecule has 0 saturated carbocycles. The minimum absolute atomic E-state index is 0.740. The molecule has 0 unspecified atom stereocenters. The van der Waals surface area contributed by atoms with Crippen LogP contribution in [0, 0.1) is 0 Å². The maximum Gasteiger partial charge on any atom is 0.152 e. The van der Waals surface area contributed by atoms with Gasteiger partial charge >= 0.3 is 0 Å². The molecule has 10 heavy (non-hydrogen) atoms. The van der Waals surface area contributed by atoms with Gasteiger partial charge in [-0.15, -0.1) is 36.6 Å². The van der Waals surface area contributed by atoms with Crippen LogP contribution >= 0.6 is 48.4 Å². The summed E-state index contributed by atoms with van der Waals surface area (Å²) in [5, 5.41) is 0.740. The molecule has 0 aliphatic heterocycles. The molecule has 0 aliphatic rings. The fourth-order valence-electron chi connectivity index (χ4n) is 0.471. The van der Waals surface area contributed by atoms with Crippen molar-refractivity contribution in [3.05, 3.63) is 0 Å². The van der Waals surface area contributed by atoms with E-state index in [0.717, 1.165) is 19.3 Å². The summed E-state index contributed by atoms with van der Waals surface area (Å²) in [5.74, 6) is 1.05. The average molecular weight is 209 g/mol. The summed E-state index contributed by atoms with van der Waals surface area (Å²) in [5.41, 5.74) is 0. The molecule has 1 rings (SSSR count). The molecule has 0 spiro atoms. The Hall–Kier alpha value is 0.680. The highest BCUT2D eigenvalue weighted by Crippen LogP contribution is 2.31. The third-order valence-corrected chi connectivity index (χ3v) is 3.86. The minimum Gasteiger partial charge on any atom is -0.222 e. The number of hydrogen-bond donors (Lipinski definition) is 2. The zero-order valence-electron chi connectivity index (χ0n) is 5.37. The Balaban J connectivity index is 2.77. The van der Waals surface area contributed by atoms with Crippen LogP contribution in [-0.2, 0) is 0 Å². The molecule has 0 N–H and O–H groups in total. The van der Waals surface area contributed by atoms with Gasteiger partial charge in [-0.05, 0) is 5.75 Å². The van der Waals surface area contributed by atoms with E-state index in [2.05, 4.69) is 37.2 Å². The second-order valence-corrected chi connectivity index (χ2v) is 5.23. The quantitative estimate of drug-likeness (QED) is 0.574. The Kier molecular flexibility index (Phi) is 3.42. The van der Waals surface area contributed by atoms with E-state index in [1.807, 2.05) is 0 Å². The zero-order valence-corrected chi connectivity index (χ0v) is 8.79. The lowest BCUT2D eigenvalue weighted by atomic mass is 11.0. The van der Waals surface area contributed by atoms with Gasteiger partial charge in [-0.1, -0.05) is 18.7 Å². The lowest BCUT2D eigenvalue weighted by molar-refractivity contribution is 1.07. The molecule has 56 valence electrons. The van der Waals surface area contributed by atoms with Gasteiger partial charge in [0, 0.05) is 0 Å². The monoisotopic (exact) mass is 209 g/mol. The second kappa shape index (κ2) is 3.90. The van der Waals surface area contributed by atoms with Crippen molar-refractivity contribution in [1.29, 1.82) is 0 Å². The highest BCUT2D eigenvalue weighted by molar-refractivity contribution is 8.01. The van der Waals surface area contributed by atoms with Gasteiger partial charge in [0.05, 0.1) is 4.21 Å². The number of thioether (sulfide) groups is 1. The van der Waals surface area contributed by atoms with Gasteiger partial charge in [-0.3, -0.25) is 0 Å². The third-order valence-electron chi connectivity index (χ3n) is 0.840. The Morgan fingerprint density at radius 2 is 2.30 bits per heavy atom. The van der Waals surface area contributed by atoms with E-state index in [0.29, 0.717) is 0 Å². The van der Waals surface area contributed by atoms with Gasteiger partial charge < -0.3 is 0 Å². The first kappa shape index (κ1) is 8.77. The molecule has 0 aromatic carbocycles. The van der Waals surface area contributed by atoms with Crippen molar-refractivity contribution in [2.24, 2.45) is 0 Å². The SMILES string of the molecule is CCSc1nc(S)c(S)s1. The molecule has 5 heteroatoms. The molecule has 0 bridgehead atoms. The summed E-state index contributed by atoms with van der Waals surface area (Å²) in [6, 6.07) is 0. The van der Waals surface area contributed by atoms with Crippen molar-refractivity contribution < 1.29 is 0 Å². The number of thiol groups is 2. The van der Waals surface area contributed by atoms with Gasteiger partial charge in [0.1, 0.15) is 5.03 Å². The van der Waals surface area contributed by atoms with Gasteiger partial charge in [0.15, 0.2) is 4.34 Å². The lowest BCUT2D eigenvalue weighted by Crippen LogP contribution is -1.68. The van der Waals surface area contributed by atoms with Gasteiger partial charge in [0.25, 0.3) is 0 Å². The van der Waals surface area contributed by atoms with Gasteiger partial charge in [0.2, 0.25) is 0 Å². The summed E-state index contributed by atoms with van der Waals surface area (Å²) < 4.78 is 1.96. The summed E-state index contributed by atoms with van der Waals surface area (Å²) in [7, 11) is 0. The topological polar surface area (TPSA) is 12.9 Å². The van der Waals surface area contributed by atoms with Crippen molar-refractivity contribution in [2.45, 2.75) is 20.5 Å². The van der Waals surface area contributed by atoms with Crippen molar-refractivity contribution in [3.63, 3.8) is 0 Å². The molecule has 0 radical (unpaired) electrons. The third kappa shape index (κ3) is 2.08. The number of aromatic nitrogens is 1. The Bertz CT molecular complexity index is 200. The first-order chi connectivity index (χ1) is 4.74. The predicted octanol–water partition coefficient (Wildman–Crippen LogP) is 2.83. The number of nitrogens with zero attached hydrogens (tertiary/aromatic N) is 1. The Labute approximate surface area is 79.5 Å². The molecular weight excluding hydrogens is 202 g/mol. The second-order valence-electron chi connectivity index (χ2n) is 1.54. The molecule has 0 atom stereocenters. The maximum absolute atomic E-state index is 4.18. The molecule has 1 aromatic rings. The fourth-order valence-corrected chi connectivity index (χ4v) is 3.02. The van der Waals surface area contributed by atoms with Gasteiger partial charge in [-0.2, -0.15) is 0 Å². The molecule has 1 heterocycles. The first-order valence-corrected chi connectivity index (χ1v) is 5.45. The Morgan fingerprint density at radius 3 is 2.70 bits per heavy atom.